The Hall–Kier alpha value is -2.37. The average Bonchev–Trinajstić information content (AvgIpc) is 2.97. The second-order valence-corrected chi connectivity index (χ2v) is 6.63. The molecule has 2 atom stereocenters. The number of hydrogen-bond donors (Lipinski definition) is 2. The van der Waals surface area contributed by atoms with Gasteiger partial charge in [-0.3, -0.25) is 9.69 Å². The molecule has 2 N–H and O–H groups in total. The number of benzene rings is 2. The van der Waals surface area contributed by atoms with Crippen LogP contribution in [0.2, 0.25) is 5.02 Å². The summed E-state index contributed by atoms with van der Waals surface area (Å²) >= 11 is 5.98. The van der Waals surface area contributed by atoms with Gasteiger partial charge in [0.2, 0.25) is 5.91 Å². The summed E-state index contributed by atoms with van der Waals surface area (Å²) in [5.41, 5.74) is 1.65. The molecule has 1 amide bonds. The van der Waals surface area contributed by atoms with Crippen molar-refractivity contribution in [3.05, 3.63) is 64.7 Å². The minimum Gasteiger partial charge on any atom is -0.478 e. The highest BCUT2D eigenvalue weighted by Crippen LogP contribution is 2.33. The van der Waals surface area contributed by atoms with Crippen LogP contribution in [0.25, 0.3) is 0 Å². The van der Waals surface area contributed by atoms with E-state index in [1.54, 1.807) is 6.07 Å². The summed E-state index contributed by atoms with van der Waals surface area (Å²) in [4.78, 5) is 25.9. The van der Waals surface area contributed by atoms with Crippen LogP contribution in [-0.4, -0.2) is 41.5 Å². The summed E-state index contributed by atoms with van der Waals surface area (Å²) in [7, 11) is 1.94. The molecule has 0 radical (unpaired) electrons. The zero-order chi connectivity index (χ0) is 18.0. The van der Waals surface area contributed by atoms with Crippen LogP contribution < -0.4 is 5.32 Å². The Bertz CT molecular complexity index is 795. The van der Waals surface area contributed by atoms with E-state index in [0.29, 0.717) is 5.69 Å². The van der Waals surface area contributed by atoms with Crippen LogP contribution in [0.5, 0.6) is 0 Å². The molecule has 0 spiro atoms. The number of rotatable bonds is 4. The number of carboxylic acids is 1. The van der Waals surface area contributed by atoms with Gasteiger partial charge in [-0.2, -0.15) is 0 Å². The van der Waals surface area contributed by atoms with E-state index >= 15 is 0 Å². The van der Waals surface area contributed by atoms with E-state index in [1.807, 2.05) is 42.3 Å². The lowest BCUT2D eigenvalue weighted by Crippen LogP contribution is -2.40. The minimum atomic E-state index is -1.09. The molecule has 130 valence electrons. The van der Waals surface area contributed by atoms with Gasteiger partial charge < -0.3 is 10.4 Å². The first-order chi connectivity index (χ1) is 12.0. The summed E-state index contributed by atoms with van der Waals surface area (Å²) in [6.45, 7) is 0.844. The first kappa shape index (κ1) is 17.5. The molecule has 0 bridgehead atoms. The SMILES string of the molecule is CN1CC[C@@H](c2ccccc2)[C@H]1C(=O)Nc1ccc(C(=O)O)c(Cl)c1. The lowest BCUT2D eigenvalue weighted by atomic mass is 9.91. The van der Waals surface area contributed by atoms with Crippen molar-refractivity contribution in [2.24, 2.45) is 0 Å². The Morgan fingerprint density at radius 1 is 1.20 bits per heavy atom. The number of likely N-dealkylation sites (tertiary alicyclic amines) is 1. The molecule has 5 nitrogen and oxygen atoms in total. The molecule has 0 unspecified atom stereocenters. The fourth-order valence-corrected chi connectivity index (χ4v) is 3.62. The van der Waals surface area contributed by atoms with E-state index in [9.17, 15) is 9.59 Å². The van der Waals surface area contributed by atoms with Gasteiger partial charge in [-0.25, -0.2) is 4.79 Å². The van der Waals surface area contributed by atoms with Gasteiger partial charge in [0, 0.05) is 11.6 Å². The molecule has 2 aromatic carbocycles. The van der Waals surface area contributed by atoms with Gasteiger partial charge in [0.1, 0.15) is 0 Å². The number of carbonyl (C=O) groups excluding carboxylic acids is 1. The quantitative estimate of drug-likeness (QED) is 0.878. The zero-order valence-corrected chi connectivity index (χ0v) is 14.5. The summed E-state index contributed by atoms with van der Waals surface area (Å²) < 4.78 is 0. The Balaban J connectivity index is 1.79. The van der Waals surface area contributed by atoms with Crippen molar-refractivity contribution in [2.45, 2.75) is 18.4 Å². The lowest BCUT2D eigenvalue weighted by Gasteiger charge is -2.24. The Morgan fingerprint density at radius 3 is 2.56 bits per heavy atom. The second kappa shape index (κ2) is 7.25. The molecule has 25 heavy (non-hydrogen) atoms. The number of aromatic carboxylic acids is 1. The maximum Gasteiger partial charge on any atom is 0.337 e. The van der Waals surface area contributed by atoms with Gasteiger partial charge in [0.25, 0.3) is 0 Å². The van der Waals surface area contributed by atoms with Crippen LogP contribution in [0, 0.1) is 0 Å². The molecule has 6 heteroatoms. The highest BCUT2D eigenvalue weighted by atomic mass is 35.5. The lowest BCUT2D eigenvalue weighted by molar-refractivity contribution is -0.120. The highest BCUT2D eigenvalue weighted by Gasteiger charge is 2.38. The monoisotopic (exact) mass is 358 g/mol. The van der Waals surface area contributed by atoms with Gasteiger partial charge in [0.15, 0.2) is 0 Å². The van der Waals surface area contributed by atoms with Crippen molar-refractivity contribution in [1.29, 1.82) is 0 Å². The Labute approximate surface area is 151 Å². The number of halogens is 1. The van der Waals surface area contributed by atoms with E-state index < -0.39 is 5.97 Å². The fraction of sp³-hybridized carbons (Fsp3) is 0.263. The van der Waals surface area contributed by atoms with Crippen molar-refractivity contribution in [3.63, 3.8) is 0 Å². The number of nitrogens with one attached hydrogen (secondary N) is 1. The van der Waals surface area contributed by atoms with Crippen LogP contribution in [0.1, 0.15) is 28.3 Å². The average molecular weight is 359 g/mol. The minimum absolute atomic E-state index is 0.0137. The third-order valence-electron chi connectivity index (χ3n) is 4.61. The van der Waals surface area contributed by atoms with Crippen molar-refractivity contribution in [2.75, 3.05) is 18.9 Å². The third-order valence-corrected chi connectivity index (χ3v) is 4.92. The Morgan fingerprint density at radius 2 is 1.92 bits per heavy atom. The number of nitrogens with zero attached hydrogens (tertiary/aromatic N) is 1. The van der Waals surface area contributed by atoms with Gasteiger partial charge in [-0.15, -0.1) is 0 Å². The standard InChI is InChI=1S/C19H19ClN2O3/c1-22-10-9-14(12-5-3-2-4-6-12)17(22)18(23)21-13-7-8-15(19(24)25)16(20)11-13/h2-8,11,14,17H,9-10H2,1H3,(H,21,23)(H,24,25)/t14-,17-/m0/s1. The summed E-state index contributed by atoms with van der Waals surface area (Å²) in [5, 5.41) is 12.0. The van der Waals surface area contributed by atoms with E-state index in [0.717, 1.165) is 18.5 Å². The second-order valence-electron chi connectivity index (χ2n) is 6.22. The van der Waals surface area contributed by atoms with Crippen molar-refractivity contribution < 1.29 is 14.7 Å². The van der Waals surface area contributed by atoms with E-state index in [4.69, 9.17) is 16.7 Å². The molecular weight excluding hydrogens is 340 g/mol. The molecule has 1 saturated heterocycles. The summed E-state index contributed by atoms with van der Waals surface area (Å²) in [6.07, 6.45) is 0.914. The van der Waals surface area contributed by atoms with Crippen LogP contribution in [0.3, 0.4) is 0 Å². The number of amides is 1. The number of carboxylic acid groups (broad SMARTS) is 1. The van der Waals surface area contributed by atoms with Crippen molar-refractivity contribution >= 4 is 29.2 Å². The molecule has 0 aliphatic carbocycles. The normalized spacial score (nSPS) is 20.4. The maximum atomic E-state index is 12.8. The summed E-state index contributed by atoms with van der Waals surface area (Å²) in [6, 6.07) is 14.2. The molecule has 1 aliphatic rings. The number of hydrogen-bond acceptors (Lipinski definition) is 3. The highest BCUT2D eigenvalue weighted by molar-refractivity contribution is 6.33. The molecule has 1 aliphatic heterocycles. The summed E-state index contributed by atoms with van der Waals surface area (Å²) in [5.74, 6) is -1.09. The molecule has 0 aromatic heterocycles. The smallest absolute Gasteiger partial charge is 0.337 e. The van der Waals surface area contributed by atoms with Crippen molar-refractivity contribution in [3.8, 4) is 0 Å². The number of likely N-dealkylation sites (N-methyl/N-ethyl adjacent to an activating group) is 1. The first-order valence-corrected chi connectivity index (χ1v) is 8.44. The molecule has 1 fully saturated rings. The van der Waals surface area contributed by atoms with Crippen LogP contribution in [0.15, 0.2) is 48.5 Å². The predicted octanol–water partition coefficient (Wildman–Crippen LogP) is 3.46. The van der Waals surface area contributed by atoms with Gasteiger partial charge in [-0.05, 0) is 43.8 Å². The molecular formula is C19H19ClN2O3. The predicted molar refractivity (Wildman–Crippen MR) is 97.3 cm³/mol. The van der Waals surface area contributed by atoms with Gasteiger partial charge in [-0.1, -0.05) is 41.9 Å². The fourth-order valence-electron chi connectivity index (χ4n) is 3.36. The first-order valence-electron chi connectivity index (χ1n) is 8.06. The molecule has 0 saturated carbocycles. The number of anilines is 1. The molecule has 3 rings (SSSR count). The van der Waals surface area contributed by atoms with Crippen LogP contribution >= 0.6 is 11.6 Å². The van der Waals surface area contributed by atoms with E-state index in [2.05, 4.69) is 5.32 Å². The number of carbonyl (C=O) groups is 2. The van der Waals surface area contributed by atoms with Gasteiger partial charge >= 0.3 is 5.97 Å². The maximum absolute atomic E-state index is 12.8. The van der Waals surface area contributed by atoms with E-state index in [1.165, 1.54) is 12.1 Å². The molecule has 2 aromatic rings. The zero-order valence-electron chi connectivity index (χ0n) is 13.8. The molecule has 1 heterocycles. The third kappa shape index (κ3) is 3.67. The van der Waals surface area contributed by atoms with Gasteiger partial charge in [0.05, 0.1) is 16.6 Å². The van der Waals surface area contributed by atoms with Crippen molar-refractivity contribution in [1.82, 2.24) is 4.90 Å². The van der Waals surface area contributed by atoms with Crippen LogP contribution in [0.4, 0.5) is 5.69 Å². The van der Waals surface area contributed by atoms with E-state index in [-0.39, 0.29) is 28.5 Å². The Kier molecular flexibility index (Phi) is 5.06. The topological polar surface area (TPSA) is 69.6 Å². The van der Waals surface area contributed by atoms with Crippen LogP contribution in [-0.2, 0) is 4.79 Å². The largest absolute Gasteiger partial charge is 0.478 e.